The Morgan fingerprint density at radius 1 is 1.23 bits per heavy atom. The van der Waals surface area contributed by atoms with Crippen LogP contribution in [0.15, 0.2) is 10.6 Å². The van der Waals surface area contributed by atoms with Crippen LogP contribution in [0.1, 0.15) is 6.92 Å². The molecule has 22 heavy (non-hydrogen) atoms. The van der Waals surface area contributed by atoms with Crippen LogP contribution in [0.25, 0.3) is 0 Å². The Kier molecular flexibility index (Phi) is 7.58. The monoisotopic (exact) mass is 373 g/mol. The van der Waals surface area contributed by atoms with Gasteiger partial charge in [-0.05, 0) is 6.08 Å². The lowest BCUT2D eigenvalue weighted by molar-refractivity contribution is -0.238. The maximum atomic E-state index is 11.4. The van der Waals surface area contributed by atoms with Crippen molar-refractivity contribution in [1.82, 2.24) is 0 Å². The smallest absolute Gasteiger partial charge is 0.349 e. The van der Waals surface area contributed by atoms with E-state index in [9.17, 15) is 9.59 Å². The highest BCUT2D eigenvalue weighted by Gasteiger charge is 2.49. The molecule has 0 radical (unpaired) electrons. The van der Waals surface area contributed by atoms with E-state index in [1.165, 1.54) is 20.1 Å². The van der Waals surface area contributed by atoms with Gasteiger partial charge < -0.3 is 24.4 Å². The molecule has 10 heteroatoms. The normalized spacial score (nSPS) is 31.0. The van der Waals surface area contributed by atoms with Crippen molar-refractivity contribution < 1.29 is 28.5 Å². The second kappa shape index (κ2) is 8.69. The van der Waals surface area contributed by atoms with E-state index in [1.807, 2.05) is 0 Å². The first-order valence-electron chi connectivity index (χ1n) is 6.03. The van der Waals surface area contributed by atoms with Crippen LogP contribution in [0.5, 0.6) is 0 Å². The maximum absolute atomic E-state index is 11.4. The maximum Gasteiger partial charge on any atom is 0.349 e. The second-order valence-electron chi connectivity index (χ2n) is 4.23. The second-order valence-corrected chi connectivity index (χ2v) is 5.74. The Labute approximate surface area is 141 Å². The first-order chi connectivity index (χ1) is 10.3. The van der Waals surface area contributed by atoms with E-state index < -0.39 is 41.9 Å². The number of ether oxygens (including phenoxy) is 4. The van der Waals surface area contributed by atoms with Crippen LogP contribution in [0, 0.1) is 5.41 Å². The summed E-state index contributed by atoms with van der Waals surface area (Å²) >= 11 is 17.4. The number of carbonyl (C=O) groups excluding carboxylic acids is 2. The number of carbonyl (C=O) groups is 2. The number of methoxy groups -OCH3 is 1. The van der Waals surface area contributed by atoms with Gasteiger partial charge in [0, 0.05) is 14.0 Å². The molecule has 5 atom stereocenters. The molecule has 1 unspecified atom stereocenters. The van der Waals surface area contributed by atoms with E-state index >= 15 is 0 Å². The number of halogens is 3. The minimum atomic E-state index is -1.14. The minimum absolute atomic E-state index is 0.148. The number of rotatable bonds is 5. The zero-order chi connectivity index (χ0) is 16.9. The van der Waals surface area contributed by atoms with Crippen LogP contribution in [-0.2, 0) is 28.5 Å². The van der Waals surface area contributed by atoms with E-state index in [0.29, 0.717) is 6.21 Å². The third kappa shape index (κ3) is 5.10. The molecule has 1 fully saturated rings. The highest BCUT2D eigenvalue weighted by atomic mass is 35.5. The lowest BCUT2D eigenvalue weighted by Crippen LogP contribution is -2.58. The summed E-state index contributed by atoms with van der Waals surface area (Å²) in [6, 6.07) is 0. The fourth-order valence-electron chi connectivity index (χ4n) is 1.90. The molecule has 0 aromatic heterocycles. The van der Waals surface area contributed by atoms with Gasteiger partial charge in [0.05, 0.1) is 0 Å². The number of hydrogen-bond acceptors (Lipinski definition) is 7. The van der Waals surface area contributed by atoms with Gasteiger partial charge in [-0.25, -0.2) is 4.79 Å². The van der Waals surface area contributed by atoms with Crippen molar-refractivity contribution in [3.63, 3.8) is 0 Å². The highest BCUT2D eigenvalue weighted by Crippen LogP contribution is 2.31. The molecule has 1 heterocycles. The Morgan fingerprint density at radius 3 is 2.32 bits per heavy atom. The minimum Gasteiger partial charge on any atom is -0.457 e. The molecule has 0 bridgehead atoms. The molecule has 0 amide bonds. The van der Waals surface area contributed by atoms with Gasteiger partial charge in [-0.3, -0.25) is 4.79 Å². The molecule has 0 aromatic carbocycles. The van der Waals surface area contributed by atoms with Gasteiger partial charge in [-0.1, -0.05) is 23.2 Å². The summed E-state index contributed by atoms with van der Waals surface area (Å²) in [7, 11) is 1.35. The van der Waals surface area contributed by atoms with Gasteiger partial charge in [-0.2, -0.15) is 0 Å². The summed E-state index contributed by atoms with van der Waals surface area (Å²) in [6.07, 6.45) is -2.43. The summed E-state index contributed by atoms with van der Waals surface area (Å²) in [5, 5.41) is 5.95. The van der Waals surface area contributed by atoms with Gasteiger partial charge in [0.1, 0.15) is 22.2 Å². The fourth-order valence-corrected chi connectivity index (χ4v) is 2.51. The van der Waals surface area contributed by atoms with Crippen molar-refractivity contribution in [2.45, 2.75) is 36.9 Å². The molecule has 0 saturated carbocycles. The molecule has 1 rings (SSSR count). The quantitative estimate of drug-likeness (QED) is 0.448. The van der Waals surface area contributed by atoms with Crippen LogP contribution < -0.4 is 0 Å². The van der Waals surface area contributed by atoms with Crippen LogP contribution in [0.4, 0.5) is 0 Å². The number of esters is 2. The lowest BCUT2D eigenvalue weighted by Gasteiger charge is -2.41. The van der Waals surface area contributed by atoms with Crippen molar-refractivity contribution in [3.05, 3.63) is 10.6 Å². The zero-order valence-electron chi connectivity index (χ0n) is 11.6. The Hall–Kier alpha value is -0.860. The van der Waals surface area contributed by atoms with E-state index in [-0.39, 0.29) is 4.49 Å². The van der Waals surface area contributed by atoms with Gasteiger partial charge in [0.25, 0.3) is 0 Å². The van der Waals surface area contributed by atoms with Crippen molar-refractivity contribution in [2.75, 3.05) is 7.11 Å². The van der Waals surface area contributed by atoms with E-state index in [1.54, 1.807) is 0 Å². The molecule has 1 aliphatic rings. The van der Waals surface area contributed by atoms with Gasteiger partial charge in [0.15, 0.2) is 18.5 Å². The van der Waals surface area contributed by atoms with E-state index in [4.69, 9.17) is 59.2 Å². The summed E-state index contributed by atoms with van der Waals surface area (Å²) in [4.78, 5) is 22.6. The van der Waals surface area contributed by atoms with E-state index in [0.717, 1.165) is 0 Å². The molecular formula is C12H14Cl3NO6. The standard InChI is InChI=1S/C12H14Cl3NO6/c1-5(17)20-11-9(15)12(19-2)21-6(3-7(13)14)10(11)22-8(18)4-16/h3-4,6,9-12,16H,1-2H3/t6-,9+,10-,11-,12?/m1/s1. The number of nitrogens with one attached hydrogen (secondary N) is 1. The molecule has 0 aromatic rings. The fraction of sp³-hybridized carbons (Fsp3) is 0.583. The molecule has 1 saturated heterocycles. The van der Waals surface area contributed by atoms with Crippen molar-refractivity contribution >= 4 is 53.0 Å². The van der Waals surface area contributed by atoms with Crippen molar-refractivity contribution in [1.29, 1.82) is 5.41 Å². The highest BCUT2D eigenvalue weighted by molar-refractivity contribution is 6.55. The molecule has 0 aliphatic carbocycles. The first kappa shape index (κ1) is 19.2. The summed E-state index contributed by atoms with van der Waals surface area (Å²) < 4.78 is 20.5. The molecule has 1 N–H and O–H groups in total. The van der Waals surface area contributed by atoms with Crippen LogP contribution in [0.2, 0.25) is 0 Å². The average Bonchev–Trinajstić information content (AvgIpc) is 2.44. The van der Waals surface area contributed by atoms with E-state index in [2.05, 4.69) is 0 Å². The van der Waals surface area contributed by atoms with Crippen molar-refractivity contribution in [2.24, 2.45) is 0 Å². The van der Waals surface area contributed by atoms with Crippen LogP contribution in [-0.4, -0.2) is 55.2 Å². The van der Waals surface area contributed by atoms with Gasteiger partial charge in [0.2, 0.25) is 0 Å². The third-order valence-corrected chi connectivity index (χ3v) is 3.41. The third-order valence-electron chi connectivity index (χ3n) is 2.71. The first-order valence-corrected chi connectivity index (χ1v) is 7.22. The Morgan fingerprint density at radius 2 is 1.86 bits per heavy atom. The summed E-state index contributed by atoms with van der Waals surface area (Å²) in [5.41, 5.74) is 0. The van der Waals surface area contributed by atoms with Crippen molar-refractivity contribution in [3.8, 4) is 0 Å². The molecule has 0 spiro atoms. The molecule has 124 valence electrons. The van der Waals surface area contributed by atoms with Crippen LogP contribution >= 0.6 is 34.8 Å². The molecular weight excluding hydrogens is 360 g/mol. The predicted molar refractivity (Wildman–Crippen MR) is 79.3 cm³/mol. The number of hydrogen-bond donors (Lipinski definition) is 1. The van der Waals surface area contributed by atoms with Gasteiger partial charge in [-0.15, -0.1) is 11.6 Å². The van der Waals surface area contributed by atoms with Crippen LogP contribution in [0.3, 0.4) is 0 Å². The molecule has 1 aliphatic heterocycles. The largest absolute Gasteiger partial charge is 0.457 e. The number of alkyl halides is 1. The Balaban J connectivity index is 3.15. The lowest BCUT2D eigenvalue weighted by atomic mass is 10.00. The Bertz CT molecular complexity index is 468. The summed E-state index contributed by atoms with van der Waals surface area (Å²) in [5.74, 6) is -1.60. The average molecular weight is 375 g/mol. The SMILES string of the molecule is COC1O[C@H](C=C(Cl)Cl)[C@@H](OC(=O)C=N)[C@H](OC(C)=O)[C@@H]1Cl. The molecule has 7 nitrogen and oxygen atoms in total. The topological polar surface area (TPSA) is 94.9 Å². The predicted octanol–water partition coefficient (Wildman–Crippen LogP) is 1.78. The summed E-state index contributed by atoms with van der Waals surface area (Å²) in [6.45, 7) is 1.18. The zero-order valence-corrected chi connectivity index (χ0v) is 13.9. The van der Waals surface area contributed by atoms with Gasteiger partial charge >= 0.3 is 11.9 Å².